The van der Waals surface area contributed by atoms with Crippen molar-refractivity contribution in [1.29, 1.82) is 0 Å². The van der Waals surface area contributed by atoms with E-state index in [1.165, 1.54) is 4.90 Å². The topological polar surface area (TPSA) is 66.6 Å². The summed E-state index contributed by atoms with van der Waals surface area (Å²) in [5.41, 5.74) is 7.00. The van der Waals surface area contributed by atoms with Crippen LogP contribution in [0.25, 0.3) is 0 Å². The van der Waals surface area contributed by atoms with Crippen molar-refractivity contribution in [2.75, 3.05) is 26.4 Å². The first-order chi connectivity index (χ1) is 8.41. The molecular weight excluding hydrogens is 230 g/mol. The van der Waals surface area contributed by atoms with Gasteiger partial charge in [-0.2, -0.15) is 0 Å². The molecule has 0 aliphatic carbocycles. The number of nitrogens with two attached hydrogens (primary N) is 1. The van der Waals surface area contributed by atoms with E-state index >= 15 is 0 Å². The minimum absolute atomic E-state index is 0.159. The number of imide groups is 1. The van der Waals surface area contributed by atoms with Crippen LogP contribution in [0.1, 0.15) is 27.6 Å². The third kappa shape index (κ3) is 1.97. The third-order valence-corrected chi connectivity index (χ3v) is 3.01. The van der Waals surface area contributed by atoms with Crippen LogP contribution in [0.5, 0.6) is 0 Å². The Labute approximate surface area is 106 Å². The summed E-state index contributed by atoms with van der Waals surface area (Å²) in [5, 5.41) is 0. The summed E-state index contributed by atoms with van der Waals surface area (Å²) in [6.07, 6.45) is 0. The molecule has 0 aromatic heterocycles. The highest BCUT2D eigenvalue weighted by Gasteiger charge is 2.38. The number of rotatable bonds is 3. The Morgan fingerprint density at radius 3 is 2.44 bits per heavy atom. The second-order valence-electron chi connectivity index (χ2n) is 4.90. The van der Waals surface area contributed by atoms with Crippen LogP contribution in [0.3, 0.4) is 0 Å². The van der Waals surface area contributed by atoms with Gasteiger partial charge < -0.3 is 10.6 Å². The van der Waals surface area contributed by atoms with E-state index in [0.29, 0.717) is 23.4 Å². The molecule has 0 saturated carbocycles. The van der Waals surface area contributed by atoms with Gasteiger partial charge in [-0.25, -0.2) is 0 Å². The molecule has 0 fully saturated rings. The minimum atomic E-state index is -0.253. The Morgan fingerprint density at radius 2 is 1.83 bits per heavy atom. The van der Waals surface area contributed by atoms with Crippen molar-refractivity contribution >= 4 is 17.5 Å². The number of likely N-dealkylation sites (N-methyl/N-ethyl adjacent to an activating group) is 1. The van der Waals surface area contributed by atoms with Crippen molar-refractivity contribution in [2.45, 2.75) is 13.0 Å². The molecule has 0 spiro atoms. The Bertz CT molecular complexity index is 511. The number of nitrogen functional groups attached to an aromatic ring is 1. The number of amides is 2. The maximum Gasteiger partial charge on any atom is 0.261 e. The largest absolute Gasteiger partial charge is 0.399 e. The summed E-state index contributed by atoms with van der Waals surface area (Å²) in [6, 6.07) is 4.67. The Morgan fingerprint density at radius 1 is 1.22 bits per heavy atom. The van der Waals surface area contributed by atoms with Crippen LogP contribution in [0.2, 0.25) is 0 Å². The molecule has 1 aliphatic rings. The first-order valence-electron chi connectivity index (χ1n) is 5.84. The van der Waals surface area contributed by atoms with Crippen LogP contribution >= 0.6 is 0 Å². The van der Waals surface area contributed by atoms with E-state index in [1.807, 2.05) is 25.9 Å². The first-order valence-corrected chi connectivity index (χ1v) is 5.84. The molecule has 18 heavy (non-hydrogen) atoms. The first kappa shape index (κ1) is 12.6. The lowest BCUT2D eigenvalue weighted by molar-refractivity contribution is 0.0576. The number of anilines is 1. The molecule has 0 bridgehead atoms. The van der Waals surface area contributed by atoms with Crippen molar-refractivity contribution in [3.8, 4) is 0 Å². The van der Waals surface area contributed by atoms with Crippen LogP contribution in [0, 0.1) is 0 Å². The molecule has 2 amide bonds. The van der Waals surface area contributed by atoms with E-state index in [4.69, 9.17) is 5.73 Å². The number of carbonyl (C=O) groups is 2. The Hall–Kier alpha value is -1.88. The highest BCUT2D eigenvalue weighted by molar-refractivity contribution is 6.21. The molecule has 0 radical (unpaired) electrons. The van der Waals surface area contributed by atoms with E-state index in [0.717, 1.165) is 0 Å². The highest BCUT2D eigenvalue weighted by atomic mass is 16.2. The maximum atomic E-state index is 12.2. The van der Waals surface area contributed by atoms with Gasteiger partial charge in [0, 0.05) is 12.2 Å². The molecule has 1 unspecified atom stereocenters. The lowest BCUT2D eigenvalue weighted by Gasteiger charge is -2.25. The summed E-state index contributed by atoms with van der Waals surface area (Å²) in [5.74, 6) is -0.485. The van der Waals surface area contributed by atoms with Crippen molar-refractivity contribution in [3.05, 3.63) is 29.3 Å². The van der Waals surface area contributed by atoms with Crippen LogP contribution in [0.4, 0.5) is 5.69 Å². The lowest BCUT2D eigenvalue weighted by atomic mass is 10.1. The molecule has 1 aliphatic heterocycles. The average molecular weight is 247 g/mol. The van der Waals surface area contributed by atoms with Gasteiger partial charge >= 0.3 is 0 Å². The Balaban J connectivity index is 2.34. The summed E-state index contributed by atoms with van der Waals surface area (Å²) in [7, 11) is 3.82. The number of hydrogen-bond acceptors (Lipinski definition) is 4. The average Bonchev–Trinajstić information content (AvgIpc) is 2.50. The highest BCUT2D eigenvalue weighted by Crippen LogP contribution is 2.26. The number of nitrogens with zero attached hydrogens (tertiary/aromatic N) is 2. The maximum absolute atomic E-state index is 12.2. The fraction of sp³-hybridized carbons (Fsp3) is 0.385. The van der Waals surface area contributed by atoms with Crippen LogP contribution in [-0.4, -0.2) is 48.3 Å². The molecule has 5 nitrogen and oxygen atoms in total. The molecule has 1 aromatic carbocycles. The molecule has 1 heterocycles. The third-order valence-electron chi connectivity index (χ3n) is 3.01. The van der Waals surface area contributed by atoms with E-state index in [-0.39, 0.29) is 17.9 Å². The SMILES string of the molecule is CC(CN(C)C)N1C(=O)c2ccc(N)cc2C1=O. The lowest BCUT2D eigenvalue weighted by Crippen LogP contribution is -2.43. The van der Waals surface area contributed by atoms with Gasteiger partial charge in [0.2, 0.25) is 0 Å². The normalized spacial score (nSPS) is 16.3. The number of benzene rings is 1. The van der Waals surface area contributed by atoms with Crippen molar-refractivity contribution in [2.24, 2.45) is 0 Å². The van der Waals surface area contributed by atoms with Gasteiger partial charge in [0.1, 0.15) is 0 Å². The van der Waals surface area contributed by atoms with Crippen molar-refractivity contribution in [1.82, 2.24) is 9.80 Å². The van der Waals surface area contributed by atoms with E-state index in [2.05, 4.69) is 0 Å². The van der Waals surface area contributed by atoms with Crippen LogP contribution < -0.4 is 5.73 Å². The second-order valence-corrected chi connectivity index (χ2v) is 4.90. The van der Waals surface area contributed by atoms with E-state index in [9.17, 15) is 9.59 Å². The fourth-order valence-corrected chi connectivity index (χ4v) is 2.29. The van der Waals surface area contributed by atoms with Gasteiger partial charge in [0.25, 0.3) is 11.8 Å². The van der Waals surface area contributed by atoms with Gasteiger partial charge in [-0.15, -0.1) is 0 Å². The summed E-state index contributed by atoms with van der Waals surface area (Å²) < 4.78 is 0. The molecule has 2 N–H and O–H groups in total. The van der Waals surface area contributed by atoms with Gasteiger partial charge in [-0.3, -0.25) is 14.5 Å². The fourth-order valence-electron chi connectivity index (χ4n) is 2.29. The van der Waals surface area contributed by atoms with Gasteiger partial charge in [-0.1, -0.05) is 0 Å². The van der Waals surface area contributed by atoms with Crippen molar-refractivity contribution < 1.29 is 9.59 Å². The standard InChI is InChI=1S/C13H17N3O2/c1-8(7-15(2)3)16-12(17)10-5-4-9(14)6-11(10)13(16)18/h4-6,8H,7,14H2,1-3H3. The summed E-state index contributed by atoms with van der Waals surface area (Å²) in [6.45, 7) is 2.51. The van der Waals surface area contributed by atoms with Gasteiger partial charge in [0.05, 0.1) is 17.2 Å². The number of carbonyl (C=O) groups excluding carboxylic acids is 2. The predicted molar refractivity (Wildman–Crippen MR) is 69.4 cm³/mol. The van der Waals surface area contributed by atoms with E-state index < -0.39 is 0 Å². The molecule has 0 saturated heterocycles. The van der Waals surface area contributed by atoms with Gasteiger partial charge in [0.15, 0.2) is 0 Å². The second kappa shape index (κ2) is 4.42. The predicted octanol–water partition coefficient (Wildman–Crippen LogP) is 0.815. The van der Waals surface area contributed by atoms with Crippen molar-refractivity contribution in [3.63, 3.8) is 0 Å². The quantitative estimate of drug-likeness (QED) is 0.634. The van der Waals surface area contributed by atoms with Gasteiger partial charge in [-0.05, 0) is 39.2 Å². The smallest absolute Gasteiger partial charge is 0.261 e. The minimum Gasteiger partial charge on any atom is -0.399 e. The zero-order valence-electron chi connectivity index (χ0n) is 10.8. The molecule has 1 atom stereocenters. The summed E-state index contributed by atoms with van der Waals surface area (Å²) >= 11 is 0. The zero-order chi connectivity index (χ0) is 13.4. The molecular formula is C13H17N3O2. The Kier molecular flexibility index (Phi) is 3.09. The molecule has 1 aromatic rings. The zero-order valence-corrected chi connectivity index (χ0v) is 10.8. The monoisotopic (exact) mass is 247 g/mol. The van der Waals surface area contributed by atoms with Crippen LogP contribution in [-0.2, 0) is 0 Å². The molecule has 96 valence electrons. The molecule has 5 heteroatoms. The molecule has 2 rings (SSSR count). The number of hydrogen-bond donors (Lipinski definition) is 1. The number of fused-ring (bicyclic) bond motifs is 1. The van der Waals surface area contributed by atoms with E-state index in [1.54, 1.807) is 18.2 Å². The van der Waals surface area contributed by atoms with Crippen LogP contribution in [0.15, 0.2) is 18.2 Å². The summed E-state index contributed by atoms with van der Waals surface area (Å²) in [4.78, 5) is 27.7.